The smallest absolute Gasteiger partial charge is 0.430 e. The molecule has 7 nitrogen and oxygen atoms in total. The number of rotatable bonds is 7. The number of hydrogen-bond acceptors (Lipinski definition) is 4. The molecular formula is C31H31F4N3O4. The fourth-order valence-electron chi connectivity index (χ4n) is 6.02. The summed E-state index contributed by atoms with van der Waals surface area (Å²) in [5, 5.41) is 5.76. The minimum atomic E-state index is -5.03. The Bertz CT molecular complexity index is 1410. The first-order chi connectivity index (χ1) is 20.1. The molecule has 2 heterocycles. The van der Waals surface area contributed by atoms with Crippen LogP contribution in [0.5, 0.6) is 5.75 Å². The van der Waals surface area contributed by atoms with E-state index in [1.807, 2.05) is 30.3 Å². The second-order valence-corrected chi connectivity index (χ2v) is 10.5. The van der Waals surface area contributed by atoms with Crippen molar-refractivity contribution in [3.05, 3.63) is 101 Å². The highest BCUT2D eigenvalue weighted by molar-refractivity contribution is 5.88. The van der Waals surface area contributed by atoms with Crippen molar-refractivity contribution in [3.8, 4) is 5.75 Å². The normalized spacial score (nSPS) is 19.9. The lowest BCUT2D eigenvalue weighted by Gasteiger charge is -2.50. The van der Waals surface area contributed by atoms with Gasteiger partial charge in [-0.05, 0) is 24.5 Å². The quantitative estimate of drug-likeness (QED) is 0.371. The van der Waals surface area contributed by atoms with Crippen LogP contribution in [-0.4, -0.2) is 55.3 Å². The monoisotopic (exact) mass is 585 g/mol. The van der Waals surface area contributed by atoms with Gasteiger partial charge in [-0.25, -0.2) is 9.18 Å². The molecule has 2 aliphatic rings. The molecule has 3 aromatic rings. The molecular weight excluding hydrogens is 554 g/mol. The molecule has 3 amide bonds. The van der Waals surface area contributed by atoms with Crippen LogP contribution in [0, 0.1) is 5.82 Å². The molecule has 0 unspecified atom stereocenters. The average molecular weight is 586 g/mol. The van der Waals surface area contributed by atoms with Gasteiger partial charge in [-0.2, -0.15) is 13.2 Å². The fraction of sp³-hybridized carbons (Fsp3) is 0.355. The number of carbonyl (C=O) groups is 2. The molecule has 1 spiro atoms. The van der Waals surface area contributed by atoms with Crippen molar-refractivity contribution < 1.29 is 36.6 Å². The van der Waals surface area contributed by atoms with Crippen LogP contribution in [0.4, 0.5) is 22.4 Å². The Hall–Kier alpha value is -4.12. The number of ether oxygens (including phenoxy) is 2. The standard InChI is InChI=1S/C31H31F4N3O4/c1-41-30(31(33,34)35,22-10-6-3-7-11-22)27(39)38-16-14-29(15-17-38)25(19-36-28(40)37-29)24-13-12-23(32)18-26(24)42-20-21-8-4-2-5-9-21/h2-13,18,25H,14-17,19-20H2,1H3,(H2,36,37,40)/t25-,30+/m0/s1. The number of amides is 3. The van der Waals surface area contributed by atoms with Gasteiger partial charge in [-0.1, -0.05) is 66.7 Å². The third kappa shape index (κ3) is 5.40. The Labute approximate surface area is 240 Å². The molecule has 2 saturated heterocycles. The molecule has 2 aliphatic heterocycles. The molecule has 2 N–H and O–H groups in total. The maximum absolute atomic E-state index is 14.5. The highest BCUT2D eigenvalue weighted by atomic mass is 19.4. The Kier molecular flexibility index (Phi) is 8.14. The molecule has 2 atom stereocenters. The summed E-state index contributed by atoms with van der Waals surface area (Å²) in [4.78, 5) is 27.3. The van der Waals surface area contributed by atoms with Gasteiger partial charge in [0.15, 0.2) is 0 Å². The van der Waals surface area contributed by atoms with Gasteiger partial charge in [0.1, 0.15) is 18.2 Å². The van der Waals surface area contributed by atoms with E-state index in [1.54, 1.807) is 12.1 Å². The maximum Gasteiger partial charge on any atom is 0.430 e. The van der Waals surface area contributed by atoms with E-state index < -0.39 is 41.0 Å². The van der Waals surface area contributed by atoms with Crippen molar-refractivity contribution in [2.45, 2.75) is 42.7 Å². The first kappa shape index (κ1) is 29.4. The molecule has 5 rings (SSSR count). The highest BCUT2D eigenvalue weighted by Gasteiger charge is 2.64. The third-order valence-corrected chi connectivity index (χ3v) is 8.21. The summed E-state index contributed by atoms with van der Waals surface area (Å²) in [6.07, 6.45) is -4.70. The third-order valence-electron chi connectivity index (χ3n) is 8.21. The summed E-state index contributed by atoms with van der Waals surface area (Å²) < 4.78 is 69.0. The van der Waals surface area contributed by atoms with E-state index in [2.05, 4.69) is 10.6 Å². The van der Waals surface area contributed by atoms with E-state index in [-0.39, 0.29) is 44.6 Å². The SMILES string of the molecule is CO[C@@](C(=O)N1CCC2(CC1)NC(=O)NC[C@H]2c1ccc(F)cc1OCc1ccccc1)(c1ccccc1)C(F)(F)F. The number of likely N-dealkylation sites (tertiary alicyclic amines) is 1. The van der Waals surface area contributed by atoms with Gasteiger partial charge < -0.3 is 25.0 Å². The van der Waals surface area contributed by atoms with Gasteiger partial charge in [-0.15, -0.1) is 0 Å². The zero-order valence-electron chi connectivity index (χ0n) is 22.9. The van der Waals surface area contributed by atoms with Crippen LogP contribution in [0.15, 0.2) is 78.9 Å². The predicted molar refractivity (Wildman–Crippen MR) is 146 cm³/mol. The number of halogens is 4. The zero-order valence-corrected chi connectivity index (χ0v) is 22.9. The first-order valence-corrected chi connectivity index (χ1v) is 13.6. The lowest BCUT2D eigenvalue weighted by atomic mass is 9.71. The minimum absolute atomic E-state index is 0.0644. The van der Waals surface area contributed by atoms with Crippen molar-refractivity contribution in [3.63, 3.8) is 0 Å². The second-order valence-electron chi connectivity index (χ2n) is 10.5. The molecule has 0 bridgehead atoms. The summed E-state index contributed by atoms with van der Waals surface area (Å²) in [5.41, 5.74) is -2.88. The van der Waals surface area contributed by atoms with E-state index in [0.29, 0.717) is 11.3 Å². The zero-order chi connectivity index (χ0) is 30.0. The Balaban J connectivity index is 1.42. The molecule has 11 heteroatoms. The summed E-state index contributed by atoms with van der Waals surface area (Å²) >= 11 is 0. The molecule has 2 fully saturated rings. The minimum Gasteiger partial charge on any atom is -0.489 e. The molecule has 0 aromatic heterocycles. The Morgan fingerprint density at radius 3 is 2.26 bits per heavy atom. The Morgan fingerprint density at radius 1 is 1.00 bits per heavy atom. The topological polar surface area (TPSA) is 79.9 Å². The average Bonchev–Trinajstić information content (AvgIpc) is 2.98. The van der Waals surface area contributed by atoms with Crippen molar-refractivity contribution in [2.24, 2.45) is 0 Å². The van der Waals surface area contributed by atoms with Gasteiger partial charge >= 0.3 is 12.2 Å². The summed E-state index contributed by atoms with van der Waals surface area (Å²) in [6, 6.07) is 20.0. The van der Waals surface area contributed by atoms with Gasteiger partial charge in [0.2, 0.25) is 0 Å². The van der Waals surface area contributed by atoms with E-state index in [1.165, 1.54) is 36.4 Å². The molecule has 0 radical (unpaired) electrons. The van der Waals surface area contributed by atoms with E-state index in [9.17, 15) is 27.2 Å². The summed E-state index contributed by atoms with van der Waals surface area (Å²) in [5.74, 6) is -1.82. The van der Waals surface area contributed by atoms with E-state index >= 15 is 0 Å². The highest BCUT2D eigenvalue weighted by Crippen LogP contribution is 2.46. The van der Waals surface area contributed by atoms with Crippen molar-refractivity contribution in [1.82, 2.24) is 15.5 Å². The van der Waals surface area contributed by atoms with Gasteiger partial charge in [-0.3, -0.25) is 4.79 Å². The number of nitrogens with one attached hydrogen (secondary N) is 2. The van der Waals surface area contributed by atoms with Crippen molar-refractivity contribution in [1.29, 1.82) is 0 Å². The molecule has 0 saturated carbocycles. The largest absolute Gasteiger partial charge is 0.489 e. The number of methoxy groups -OCH3 is 1. The summed E-state index contributed by atoms with van der Waals surface area (Å²) in [6.45, 7) is 0.257. The van der Waals surface area contributed by atoms with Gasteiger partial charge in [0, 0.05) is 49.9 Å². The van der Waals surface area contributed by atoms with E-state index in [4.69, 9.17) is 9.47 Å². The van der Waals surface area contributed by atoms with Crippen LogP contribution in [0.3, 0.4) is 0 Å². The first-order valence-electron chi connectivity index (χ1n) is 13.6. The van der Waals surface area contributed by atoms with Crippen LogP contribution in [0.2, 0.25) is 0 Å². The fourth-order valence-corrected chi connectivity index (χ4v) is 6.02. The van der Waals surface area contributed by atoms with Crippen LogP contribution in [0.25, 0.3) is 0 Å². The summed E-state index contributed by atoms with van der Waals surface area (Å²) in [7, 11) is 0.873. The molecule has 3 aromatic carbocycles. The van der Waals surface area contributed by atoms with Crippen LogP contribution in [0.1, 0.15) is 35.4 Å². The van der Waals surface area contributed by atoms with Crippen molar-refractivity contribution in [2.75, 3.05) is 26.7 Å². The van der Waals surface area contributed by atoms with Crippen molar-refractivity contribution >= 4 is 11.9 Å². The van der Waals surface area contributed by atoms with Gasteiger partial charge in [0.05, 0.1) is 5.54 Å². The molecule has 42 heavy (non-hydrogen) atoms. The number of benzene rings is 3. The number of piperidine rings is 1. The van der Waals surface area contributed by atoms with Crippen LogP contribution >= 0.6 is 0 Å². The number of hydrogen-bond donors (Lipinski definition) is 2. The Morgan fingerprint density at radius 2 is 1.64 bits per heavy atom. The van der Waals surface area contributed by atoms with Gasteiger partial charge in [0.25, 0.3) is 11.5 Å². The van der Waals surface area contributed by atoms with E-state index in [0.717, 1.165) is 17.6 Å². The lowest BCUT2D eigenvalue weighted by molar-refractivity contribution is -0.270. The maximum atomic E-state index is 14.5. The predicted octanol–water partition coefficient (Wildman–Crippen LogP) is 5.27. The number of carbonyl (C=O) groups excluding carboxylic acids is 2. The number of alkyl halides is 3. The van der Waals surface area contributed by atoms with Crippen LogP contribution in [-0.2, 0) is 21.7 Å². The number of urea groups is 1. The van der Waals surface area contributed by atoms with Crippen LogP contribution < -0.4 is 15.4 Å². The second kappa shape index (κ2) is 11.6. The number of nitrogens with zero attached hydrogens (tertiary/aromatic N) is 1. The molecule has 0 aliphatic carbocycles. The lowest BCUT2D eigenvalue weighted by Crippen LogP contribution is -2.67. The molecule has 222 valence electrons.